The highest BCUT2D eigenvalue weighted by Crippen LogP contribution is 2.31. The molecule has 21 heavy (non-hydrogen) atoms. The van der Waals surface area contributed by atoms with Crippen LogP contribution in [0.3, 0.4) is 0 Å². The Bertz CT molecular complexity index is 579. The molecule has 4 nitrogen and oxygen atoms in total. The molecule has 2 N–H and O–H groups in total. The highest BCUT2D eigenvalue weighted by atomic mass is 79.9. The molecule has 0 amide bonds. The van der Waals surface area contributed by atoms with Crippen LogP contribution in [0.25, 0.3) is 0 Å². The van der Waals surface area contributed by atoms with Crippen molar-refractivity contribution in [3.05, 3.63) is 40.5 Å². The number of benzene rings is 1. The maximum absolute atomic E-state index is 5.93. The molecule has 0 atom stereocenters. The van der Waals surface area contributed by atoms with E-state index in [0.29, 0.717) is 12.0 Å². The molecule has 0 radical (unpaired) electrons. The summed E-state index contributed by atoms with van der Waals surface area (Å²) in [5.74, 6) is 2.68. The lowest BCUT2D eigenvalue weighted by molar-refractivity contribution is 0.300. The van der Waals surface area contributed by atoms with Crippen LogP contribution in [-0.2, 0) is 5.75 Å². The predicted molar refractivity (Wildman–Crippen MR) is 87.2 cm³/mol. The van der Waals surface area contributed by atoms with Crippen molar-refractivity contribution < 1.29 is 4.52 Å². The van der Waals surface area contributed by atoms with Gasteiger partial charge < -0.3 is 10.3 Å². The minimum absolute atomic E-state index is 0.344. The number of nitrogens with zero attached hydrogens (tertiary/aromatic N) is 2. The van der Waals surface area contributed by atoms with E-state index in [-0.39, 0.29) is 0 Å². The fourth-order valence-corrected chi connectivity index (χ4v) is 3.54. The first kappa shape index (κ1) is 15.1. The Labute approximate surface area is 137 Å². The second-order valence-corrected chi connectivity index (χ2v) is 7.37. The van der Waals surface area contributed by atoms with Crippen LogP contribution in [-0.4, -0.2) is 16.2 Å². The summed E-state index contributed by atoms with van der Waals surface area (Å²) in [6.45, 7) is 0. The summed E-state index contributed by atoms with van der Waals surface area (Å²) in [5, 5.41) is 4.10. The average molecular weight is 368 g/mol. The summed E-state index contributed by atoms with van der Waals surface area (Å²) in [6, 6.07) is 8.58. The summed E-state index contributed by atoms with van der Waals surface area (Å²) in [4.78, 5) is 5.74. The van der Waals surface area contributed by atoms with Gasteiger partial charge in [0, 0.05) is 21.3 Å². The SMILES string of the molecule is NC1CCC(c2nc(CSc3ccc(Br)cc3)no2)CC1. The van der Waals surface area contributed by atoms with Gasteiger partial charge in [-0.05, 0) is 49.9 Å². The zero-order valence-corrected chi connectivity index (χ0v) is 14.1. The van der Waals surface area contributed by atoms with Crippen molar-refractivity contribution in [3.8, 4) is 0 Å². The molecule has 1 aromatic carbocycles. The van der Waals surface area contributed by atoms with Crippen LogP contribution < -0.4 is 5.73 Å². The van der Waals surface area contributed by atoms with Crippen molar-refractivity contribution in [2.75, 3.05) is 0 Å². The molecule has 3 rings (SSSR count). The maximum Gasteiger partial charge on any atom is 0.229 e. The summed E-state index contributed by atoms with van der Waals surface area (Å²) >= 11 is 5.15. The smallest absolute Gasteiger partial charge is 0.229 e. The third-order valence-electron chi connectivity index (χ3n) is 3.79. The third kappa shape index (κ3) is 4.08. The van der Waals surface area contributed by atoms with Crippen LogP contribution >= 0.6 is 27.7 Å². The van der Waals surface area contributed by atoms with Crippen molar-refractivity contribution >= 4 is 27.7 Å². The zero-order valence-electron chi connectivity index (χ0n) is 11.7. The molecule has 0 saturated heterocycles. The fraction of sp³-hybridized carbons (Fsp3) is 0.467. The van der Waals surface area contributed by atoms with Crippen molar-refractivity contribution in [3.63, 3.8) is 0 Å². The van der Waals surface area contributed by atoms with Gasteiger partial charge in [-0.15, -0.1) is 11.8 Å². The van der Waals surface area contributed by atoms with Gasteiger partial charge >= 0.3 is 0 Å². The van der Waals surface area contributed by atoms with E-state index in [4.69, 9.17) is 10.3 Å². The van der Waals surface area contributed by atoms with Gasteiger partial charge in [0.25, 0.3) is 0 Å². The van der Waals surface area contributed by atoms with E-state index in [9.17, 15) is 0 Å². The van der Waals surface area contributed by atoms with Crippen LogP contribution in [0.5, 0.6) is 0 Å². The van der Waals surface area contributed by atoms with Gasteiger partial charge in [0.15, 0.2) is 5.82 Å². The molecule has 1 aliphatic rings. The van der Waals surface area contributed by atoms with Gasteiger partial charge in [-0.2, -0.15) is 4.98 Å². The summed E-state index contributed by atoms with van der Waals surface area (Å²) in [6.07, 6.45) is 4.22. The first-order valence-corrected chi connectivity index (χ1v) is 8.95. The second-order valence-electron chi connectivity index (χ2n) is 5.40. The Morgan fingerprint density at radius 2 is 1.90 bits per heavy atom. The lowest BCUT2D eigenvalue weighted by Crippen LogP contribution is -2.25. The molecule has 0 aliphatic heterocycles. The Kier molecular flexibility index (Phi) is 4.98. The molecular weight excluding hydrogens is 350 g/mol. The average Bonchev–Trinajstić information content (AvgIpc) is 2.96. The first-order chi connectivity index (χ1) is 10.2. The number of thioether (sulfide) groups is 1. The van der Waals surface area contributed by atoms with E-state index >= 15 is 0 Å². The van der Waals surface area contributed by atoms with Gasteiger partial charge in [0.2, 0.25) is 5.89 Å². The highest BCUT2D eigenvalue weighted by molar-refractivity contribution is 9.10. The van der Waals surface area contributed by atoms with Crippen molar-refractivity contribution in [2.24, 2.45) is 5.73 Å². The largest absolute Gasteiger partial charge is 0.339 e. The Balaban J connectivity index is 1.56. The standard InChI is InChI=1S/C15H18BrN3OS/c16-11-3-7-13(8-4-11)21-9-14-18-15(20-19-14)10-1-5-12(17)6-2-10/h3-4,7-8,10,12H,1-2,5-6,9,17H2. The molecule has 0 bridgehead atoms. The number of hydrogen-bond donors (Lipinski definition) is 1. The van der Waals surface area contributed by atoms with E-state index in [1.807, 2.05) is 12.1 Å². The van der Waals surface area contributed by atoms with Gasteiger partial charge in [-0.3, -0.25) is 0 Å². The lowest BCUT2D eigenvalue weighted by atomic mass is 9.86. The highest BCUT2D eigenvalue weighted by Gasteiger charge is 2.24. The molecule has 112 valence electrons. The quantitative estimate of drug-likeness (QED) is 0.823. The Morgan fingerprint density at radius 1 is 1.19 bits per heavy atom. The molecule has 1 aliphatic carbocycles. The number of halogens is 1. The molecule has 1 saturated carbocycles. The summed E-state index contributed by atoms with van der Waals surface area (Å²) in [5.41, 5.74) is 5.93. The minimum atomic E-state index is 0.344. The second kappa shape index (κ2) is 6.94. The Morgan fingerprint density at radius 3 is 2.62 bits per heavy atom. The summed E-state index contributed by atoms with van der Waals surface area (Å²) in [7, 11) is 0. The zero-order chi connectivity index (χ0) is 14.7. The van der Waals surface area contributed by atoms with Crippen molar-refractivity contribution in [1.82, 2.24) is 10.1 Å². The number of nitrogens with two attached hydrogens (primary N) is 1. The minimum Gasteiger partial charge on any atom is -0.339 e. The molecule has 1 aromatic heterocycles. The maximum atomic E-state index is 5.93. The lowest BCUT2D eigenvalue weighted by Gasteiger charge is -2.22. The van der Waals surface area contributed by atoms with Crippen LogP contribution in [0.4, 0.5) is 0 Å². The van der Waals surface area contributed by atoms with E-state index in [1.165, 1.54) is 4.90 Å². The molecule has 0 unspecified atom stereocenters. The number of aromatic nitrogens is 2. The van der Waals surface area contributed by atoms with Crippen molar-refractivity contribution in [2.45, 2.75) is 48.3 Å². The monoisotopic (exact) mass is 367 g/mol. The van der Waals surface area contributed by atoms with E-state index in [0.717, 1.165) is 47.6 Å². The topological polar surface area (TPSA) is 64.9 Å². The van der Waals surface area contributed by atoms with E-state index in [2.05, 4.69) is 38.2 Å². The molecule has 1 fully saturated rings. The molecular formula is C15H18BrN3OS. The van der Waals surface area contributed by atoms with Gasteiger partial charge in [-0.1, -0.05) is 21.1 Å². The normalized spacial score (nSPS) is 22.4. The molecule has 6 heteroatoms. The van der Waals surface area contributed by atoms with Crippen LogP contribution in [0.1, 0.15) is 43.3 Å². The molecule has 2 aromatic rings. The van der Waals surface area contributed by atoms with Crippen molar-refractivity contribution in [1.29, 1.82) is 0 Å². The Hall–Kier alpha value is -0.850. The van der Waals surface area contributed by atoms with Crippen LogP contribution in [0.15, 0.2) is 38.2 Å². The predicted octanol–water partition coefficient (Wildman–Crippen LogP) is 4.11. The van der Waals surface area contributed by atoms with Crippen LogP contribution in [0.2, 0.25) is 0 Å². The van der Waals surface area contributed by atoms with E-state index < -0.39 is 0 Å². The third-order valence-corrected chi connectivity index (χ3v) is 5.32. The van der Waals surface area contributed by atoms with Gasteiger partial charge in [-0.25, -0.2) is 0 Å². The molecule has 1 heterocycles. The van der Waals surface area contributed by atoms with Gasteiger partial charge in [0.05, 0.1) is 5.75 Å². The summed E-state index contributed by atoms with van der Waals surface area (Å²) < 4.78 is 6.51. The van der Waals surface area contributed by atoms with E-state index in [1.54, 1.807) is 11.8 Å². The van der Waals surface area contributed by atoms with Crippen LogP contribution in [0, 0.1) is 0 Å². The van der Waals surface area contributed by atoms with Gasteiger partial charge in [0.1, 0.15) is 0 Å². The number of hydrogen-bond acceptors (Lipinski definition) is 5. The first-order valence-electron chi connectivity index (χ1n) is 7.17. The molecule has 0 spiro atoms. The number of rotatable bonds is 4. The fourth-order valence-electron chi connectivity index (χ4n) is 2.54.